The molecule has 2 bridgehead atoms. The molecule has 0 aromatic rings. The number of hydrogen-bond donors (Lipinski definition) is 0. The van der Waals surface area contributed by atoms with Gasteiger partial charge in [-0.25, -0.2) is 0 Å². The monoisotopic (exact) mass is 542 g/mol. The average Bonchev–Trinajstić information content (AvgIpc) is 3.50. The largest absolute Gasteiger partial charge is 0.469 e. The zero-order chi connectivity index (χ0) is 25.5. The molecule has 1 fully saturated rings. The molecule has 2 aliphatic rings. The second kappa shape index (κ2) is 12.8. The van der Waals surface area contributed by atoms with Crippen molar-refractivity contribution in [1.82, 2.24) is 0 Å². The van der Waals surface area contributed by atoms with E-state index in [1.165, 1.54) is 80.1 Å². The molecular weight excluding hydrogens is 485 g/mol. The highest BCUT2D eigenvalue weighted by Crippen LogP contribution is 2.53. The summed E-state index contributed by atoms with van der Waals surface area (Å²) < 4.78 is 22.9. The quantitative estimate of drug-likeness (QED) is 0.127. The van der Waals surface area contributed by atoms with E-state index in [9.17, 15) is 0 Å². The Labute approximate surface area is 217 Å². The Hall–Kier alpha value is 0.488. The molecule has 2 atom stereocenters. The van der Waals surface area contributed by atoms with Crippen molar-refractivity contribution in [3.8, 4) is 0 Å². The first kappa shape index (κ1) is 30.7. The van der Waals surface area contributed by atoms with Crippen LogP contribution in [-0.2, 0) is 12.3 Å². The highest BCUT2D eigenvalue weighted by Gasteiger charge is 2.56. The molecule has 7 heteroatoms. The van der Waals surface area contributed by atoms with E-state index < -0.39 is 33.8 Å². The van der Waals surface area contributed by atoms with Crippen molar-refractivity contribution in [3.05, 3.63) is 12.2 Å². The van der Waals surface area contributed by atoms with Gasteiger partial charge in [0.2, 0.25) is 0 Å². The summed E-state index contributed by atoms with van der Waals surface area (Å²) in [6, 6.07) is 11.6. The minimum absolute atomic E-state index is 0.386. The maximum absolute atomic E-state index is 7.64. The standard InChI is InChI=1S/C27H58O3Si4/c1-10-31(11-2,12-3)28-34(29-32(13-4,14-5)15-6,30-33(16-7,17-8)18-9)24-23-27-21-19-26(25-27)20-22-27/h19,21,26H,10-18,20,22-25H2,1-9H3. The summed E-state index contributed by atoms with van der Waals surface area (Å²) >= 11 is 0. The summed E-state index contributed by atoms with van der Waals surface area (Å²) in [6.07, 6.45) is 10.4. The number of fused-ring (bicyclic) bond motifs is 2. The van der Waals surface area contributed by atoms with Crippen LogP contribution in [-0.4, -0.2) is 33.8 Å². The molecule has 0 aromatic heterocycles. The predicted molar refractivity (Wildman–Crippen MR) is 159 cm³/mol. The maximum Gasteiger partial charge on any atom is 0.469 e. The summed E-state index contributed by atoms with van der Waals surface area (Å²) in [5, 5.41) is 0. The number of allylic oxidation sites excluding steroid dienone is 2. The van der Waals surface area contributed by atoms with Crippen LogP contribution in [0.4, 0.5) is 0 Å². The van der Waals surface area contributed by atoms with Gasteiger partial charge in [-0.15, -0.1) is 0 Å². The van der Waals surface area contributed by atoms with Gasteiger partial charge < -0.3 is 12.3 Å². The third-order valence-electron chi connectivity index (χ3n) is 10.2. The maximum atomic E-state index is 7.64. The molecule has 2 rings (SSSR count). The van der Waals surface area contributed by atoms with Crippen molar-refractivity contribution in [2.75, 3.05) is 0 Å². The SMILES string of the molecule is CC[Si](CC)(CC)O[Si](CCC12C=CC(CC1)C2)(O[Si](CC)(CC)CC)O[Si](CC)(CC)CC. The third-order valence-corrected chi connectivity index (χ3v) is 31.6. The zero-order valence-electron chi connectivity index (χ0n) is 24.4. The Kier molecular flexibility index (Phi) is 11.6. The van der Waals surface area contributed by atoms with Crippen LogP contribution in [0.1, 0.15) is 88.0 Å². The van der Waals surface area contributed by atoms with Crippen LogP contribution in [0.2, 0.25) is 60.4 Å². The van der Waals surface area contributed by atoms with Gasteiger partial charge in [-0.05, 0) is 91.4 Å². The fraction of sp³-hybridized carbons (Fsp3) is 0.926. The van der Waals surface area contributed by atoms with Gasteiger partial charge in [0.15, 0.2) is 25.0 Å². The molecule has 3 nitrogen and oxygen atoms in total. The molecular formula is C27H58O3Si4. The molecule has 0 radical (unpaired) electrons. The van der Waals surface area contributed by atoms with E-state index in [1.54, 1.807) is 0 Å². The highest BCUT2D eigenvalue weighted by molar-refractivity contribution is 6.92. The molecule has 1 saturated carbocycles. The minimum Gasteiger partial charge on any atom is -0.416 e. The number of hydrogen-bond acceptors (Lipinski definition) is 3. The van der Waals surface area contributed by atoms with Crippen LogP contribution in [0.3, 0.4) is 0 Å². The highest BCUT2D eigenvalue weighted by atomic mass is 28.5. The van der Waals surface area contributed by atoms with Crippen LogP contribution in [0, 0.1) is 11.3 Å². The van der Waals surface area contributed by atoms with Gasteiger partial charge >= 0.3 is 8.80 Å². The third kappa shape index (κ3) is 6.67. The lowest BCUT2D eigenvalue weighted by Gasteiger charge is -2.49. The Balaban J connectivity index is 2.57. The normalized spacial score (nSPS) is 23.3. The smallest absolute Gasteiger partial charge is 0.416 e. The van der Waals surface area contributed by atoms with E-state index in [2.05, 4.69) is 74.5 Å². The molecule has 2 unspecified atom stereocenters. The van der Waals surface area contributed by atoms with Gasteiger partial charge in [-0.2, -0.15) is 0 Å². The average molecular weight is 543 g/mol. The van der Waals surface area contributed by atoms with Crippen LogP contribution < -0.4 is 0 Å². The molecule has 0 heterocycles. The fourth-order valence-electron chi connectivity index (χ4n) is 6.67. The first-order chi connectivity index (χ1) is 16.2. The molecule has 2 aliphatic carbocycles. The second-order valence-corrected chi connectivity index (χ2v) is 29.2. The molecule has 0 amide bonds. The Morgan fingerprint density at radius 2 is 1.03 bits per heavy atom. The first-order valence-corrected chi connectivity index (χ1v) is 24.5. The van der Waals surface area contributed by atoms with Crippen LogP contribution >= 0.6 is 0 Å². The number of rotatable bonds is 18. The van der Waals surface area contributed by atoms with Crippen molar-refractivity contribution in [2.24, 2.45) is 11.3 Å². The fourth-order valence-corrected chi connectivity index (χ4v) is 27.9. The van der Waals surface area contributed by atoms with E-state index in [4.69, 9.17) is 12.3 Å². The van der Waals surface area contributed by atoms with Crippen LogP contribution in [0.5, 0.6) is 0 Å². The molecule has 34 heavy (non-hydrogen) atoms. The summed E-state index contributed by atoms with van der Waals surface area (Å²) in [4.78, 5) is 0. The molecule has 0 aliphatic heterocycles. The zero-order valence-corrected chi connectivity index (χ0v) is 28.4. The summed E-state index contributed by atoms with van der Waals surface area (Å²) in [5.41, 5.74) is 0.386. The molecule has 0 spiro atoms. The van der Waals surface area contributed by atoms with Crippen LogP contribution in [0.15, 0.2) is 12.2 Å². The van der Waals surface area contributed by atoms with Gasteiger partial charge in [0.25, 0.3) is 0 Å². The van der Waals surface area contributed by atoms with Crippen molar-refractivity contribution < 1.29 is 12.3 Å². The van der Waals surface area contributed by atoms with E-state index in [-0.39, 0.29) is 0 Å². The predicted octanol–water partition coefficient (Wildman–Crippen LogP) is 9.74. The van der Waals surface area contributed by atoms with E-state index >= 15 is 0 Å². The van der Waals surface area contributed by atoms with Crippen LogP contribution in [0.25, 0.3) is 0 Å². The van der Waals surface area contributed by atoms with E-state index in [1.807, 2.05) is 0 Å². The van der Waals surface area contributed by atoms with Gasteiger partial charge in [0.1, 0.15) is 0 Å². The van der Waals surface area contributed by atoms with Crippen molar-refractivity contribution >= 4 is 33.8 Å². The lowest BCUT2D eigenvalue weighted by Crippen LogP contribution is -2.64. The van der Waals surface area contributed by atoms with Crippen molar-refractivity contribution in [1.29, 1.82) is 0 Å². The van der Waals surface area contributed by atoms with Gasteiger partial charge in [-0.1, -0.05) is 74.5 Å². The lowest BCUT2D eigenvalue weighted by atomic mass is 9.85. The van der Waals surface area contributed by atoms with Gasteiger partial charge in [-0.3, -0.25) is 0 Å². The van der Waals surface area contributed by atoms with Gasteiger partial charge in [0, 0.05) is 6.04 Å². The Morgan fingerprint density at radius 1 is 0.647 bits per heavy atom. The molecule has 0 N–H and O–H groups in total. The minimum atomic E-state index is -2.85. The molecule has 0 aromatic carbocycles. The Morgan fingerprint density at radius 3 is 1.26 bits per heavy atom. The molecule has 0 saturated heterocycles. The summed E-state index contributed by atoms with van der Waals surface area (Å²) in [5.74, 6) is 0.819. The topological polar surface area (TPSA) is 27.7 Å². The summed E-state index contributed by atoms with van der Waals surface area (Å²) in [6.45, 7) is 21.3. The van der Waals surface area contributed by atoms with E-state index in [0.717, 1.165) is 12.0 Å². The second-order valence-electron chi connectivity index (χ2n) is 11.4. The van der Waals surface area contributed by atoms with E-state index in [0.29, 0.717) is 5.41 Å². The van der Waals surface area contributed by atoms with Gasteiger partial charge in [0.05, 0.1) is 0 Å². The van der Waals surface area contributed by atoms with Crippen molar-refractivity contribution in [2.45, 2.75) is 148 Å². The van der Waals surface area contributed by atoms with Crippen molar-refractivity contribution in [3.63, 3.8) is 0 Å². The lowest BCUT2D eigenvalue weighted by molar-refractivity contribution is 0.228. The Bertz CT molecular complexity index is 564. The molecule has 200 valence electrons. The first-order valence-electron chi connectivity index (χ1n) is 15.0. The summed E-state index contributed by atoms with van der Waals surface area (Å²) in [7, 11) is -8.53.